The van der Waals surface area contributed by atoms with Crippen LogP contribution in [0, 0.1) is 0 Å². The number of benzene rings is 1. The Labute approximate surface area is 157 Å². The Morgan fingerprint density at radius 2 is 1.61 bits per heavy atom. The Morgan fingerprint density at radius 1 is 1.04 bits per heavy atom. The van der Waals surface area contributed by atoms with E-state index in [1.165, 1.54) is 12.3 Å². The zero-order chi connectivity index (χ0) is 21.5. The normalized spacial score (nSPS) is 13.0. The number of rotatable bonds is 6. The molecule has 28 heavy (non-hydrogen) atoms. The molecule has 0 bridgehead atoms. The highest BCUT2D eigenvalue weighted by Crippen LogP contribution is 2.25. The fourth-order valence-electron chi connectivity index (χ4n) is 2.02. The largest absolute Gasteiger partial charge is 0.481 e. The second kappa shape index (κ2) is 9.18. The molecule has 0 fully saturated rings. The molecular formula is C15H15NO11S. The van der Waals surface area contributed by atoms with Crippen LogP contribution in [0.3, 0.4) is 0 Å². The number of pyridine rings is 1. The number of carbonyl (C=O) groups is 3. The Balaban J connectivity index is 0.000000696. The minimum Gasteiger partial charge on any atom is -0.481 e. The molecule has 0 radical (unpaired) electrons. The van der Waals surface area contributed by atoms with Crippen LogP contribution in [-0.4, -0.2) is 61.3 Å². The predicted octanol–water partition coefficient (Wildman–Crippen LogP) is 0.168. The molecule has 5 N–H and O–H groups in total. The molecule has 2 rings (SSSR count). The molecule has 1 aromatic heterocycles. The number of hydrogen-bond donors (Lipinski definition) is 5. The van der Waals surface area contributed by atoms with Crippen LogP contribution < -0.4 is 4.74 Å². The summed E-state index contributed by atoms with van der Waals surface area (Å²) in [6, 6.07) is 8.27. The Bertz CT molecular complexity index is 975. The number of fused-ring (bicyclic) bond motifs is 1. The van der Waals surface area contributed by atoms with Crippen molar-refractivity contribution in [2.24, 2.45) is 0 Å². The molecule has 0 amide bonds. The zero-order valence-corrected chi connectivity index (χ0v) is 14.7. The highest BCUT2D eigenvalue weighted by atomic mass is 32.3. The van der Waals surface area contributed by atoms with E-state index in [1.54, 1.807) is 24.3 Å². The van der Waals surface area contributed by atoms with Gasteiger partial charge in [0, 0.05) is 11.6 Å². The van der Waals surface area contributed by atoms with Crippen molar-refractivity contribution >= 4 is 39.2 Å². The van der Waals surface area contributed by atoms with Gasteiger partial charge in [0.25, 0.3) is 0 Å². The summed E-state index contributed by atoms with van der Waals surface area (Å²) in [5.41, 5.74) is -2.35. The SMILES string of the molecule is O=C(O)CC(O)(CC(=O)Oc1cccc2cccnc12)C(=O)O.O=S(=O)(O)O. The average Bonchev–Trinajstić information content (AvgIpc) is 2.52. The number of carbonyl (C=O) groups excluding carboxylic acids is 1. The van der Waals surface area contributed by atoms with E-state index in [0.29, 0.717) is 10.9 Å². The standard InChI is InChI=1S/C15H13NO7.H2O4S/c17-11(18)7-15(22,14(20)21)8-12(19)23-10-5-1-3-9-4-2-6-16-13(9)10;1-5(2,3)4/h1-6,22H,7-8H2,(H,17,18)(H,20,21);(H2,1,2,3,4). The Hall–Kier alpha value is -3.13. The van der Waals surface area contributed by atoms with E-state index < -0.39 is 46.7 Å². The molecule has 0 saturated carbocycles. The van der Waals surface area contributed by atoms with Gasteiger partial charge in [0.2, 0.25) is 0 Å². The minimum absolute atomic E-state index is 0.0937. The van der Waals surface area contributed by atoms with Gasteiger partial charge in [-0.1, -0.05) is 18.2 Å². The topological polar surface area (TPSA) is 209 Å². The van der Waals surface area contributed by atoms with Gasteiger partial charge >= 0.3 is 28.3 Å². The highest BCUT2D eigenvalue weighted by molar-refractivity contribution is 7.79. The highest BCUT2D eigenvalue weighted by Gasteiger charge is 2.41. The second-order valence-corrected chi connectivity index (χ2v) is 6.23. The van der Waals surface area contributed by atoms with Crippen LogP contribution >= 0.6 is 0 Å². The van der Waals surface area contributed by atoms with Gasteiger partial charge in [0.1, 0.15) is 5.52 Å². The van der Waals surface area contributed by atoms with Crippen molar-refractivity contribution in [2.75, 3.05) is 0 Å². The zero-order valence-electron chi connectivity index (χ0n) is 13.9. The van der Waals surface area contributed by atoms with E-state index in [2.05, 4.69) is 4.98 Å². The van der Waals surface area contributed by atoms with E-state index in [-0.39, 0.29) is 5.75 Å². The number of aliphatic carboxylic acids is 2. The van der Waals surface area contributed by atoms with E-state index in [9.17, 15) is 19.5 Å². The van der Waals surface area contributed by atoms with E-state index in [1.807, 2.05) is 0 Å². The van der Waals surface area contributed by atoms with Gasteiger partial charge in [-0.2, -0.15) is 8.42 Å². The van der Waals surface area contributed by atoms with Gasteiger partial charge in [-0.25, -0.2) is 4.79 Å². The van der Waals surface area contributed by atoms with Crippen LogP contribution in [0.4, 0.5) is 0 Å². The molecule has 2 aromatic rings. The van der Waals surface area contributed by atoms with E-state index in [0.717, 1.165) is 0 Å². The third-order valence-electron chi connectivity index (χ3n) is 3.10. The number of ether oxygens (including phenoxy) is 1. The first-order chi connectivity index (χ1) is 12.8. The van der Waals surface area contributed by atoms with Crippen LogP contribution in [0.15, 0.2) is 36.5 Å². The van der Waals surface area contributed by atoms with Gasteiger partial charge in [-0.15, -0.1) is 0 Å². The molecule has 0 spiro atoms. The first-order valence-corrected chi connectivity index (χ1v) is 8.63. The summed E-state index contributed by atoms with van der Waals surface area (Å²) in [4.78, 5) is 37.6. The maximum atomic E-state index is 11.9. The number of hydrogen-bond acceptors (Lipinski definition) is 8. The number of carboxylic acid groups (broad SMARTS) is 2. The van der Waals surface area contributed by atoms with Crippen molar-refractivity contribution in [3.63, 3.8) is 0 Å². The maximum absolute atomic E-state index is 11.9. The van der Waals surface area contributed by atoms with Crippen LogP contribution in [0.2, 0.25) is 0 Å². The van der Waals surface area contributed by atoms with Gasteiger partial charge in [-0.3, -0.25) is 23.7 Å². The molecule has 152 valence electrons. The van der Waals surface area contributed by atoms with Gasteiger partial charge in [-0.05, 0) is 12.1 Å². The molecule has 1 unspecified atom stereocenters. The summed E-state index contributed by atoms with van der Waals surface area (Å²) in [7, 11) is -4.67. The van der Waals surface area contributed by atoms with E-state index >= 15 is 0 Å². The minimum atomic E-state index is -4.67. The number of para-hydroxylation sites is 1. The lowest BCUT2D eigenvalue weighted by Gasteiger charge is -2.20. The first kappa shape index (κ1) is 22.9. The summed E-state index contributed by atoms with van der Waals surface area (Å²) < 4.78 is 36.6. The summed E-state index contributed by atoms with van der Waals surface area (Å²) in [6.07, 6.45) is -0.624. The number of esters is 1. The number of carboxylic acids is 2. The van der Waals surface area contributed by atoms with Crippen molar-refractivity contribution in [1.29, 1.82) is 0 Å². The average molecular weight is 417 g/mol. The van der Waals surface area contributed by atoms with Crippen molar-refractivity contribution in [2.45, 2.75) is 18.4 Å². The number of aliphatic hydroxyl groups is 1. The summed E-state index contributed by atoms with van der Waals surface area (Å²) in [5.74, 6) is -4.34. The summed E-state index contributed by atoms with van der Waals surface area (Å²) >= 11 is 0. The molecule has 1 heterocycles. The fourth-order valence-corrected chi connectivity index (χ4v) is 2.02. The van der Waals surface area contributed by atoms with Crippen molar-refractivity contribution in [3.05, 3.63) is 36.5 Å². The van der Waals surface area contributed by atoms with Crippen LogP contribution in [0.25, 0.3) is 10.9 Å². The summed E-state index contributed by atoms with van der Waals surface area (Å²) in [6.45, 7) is 0. The number of aromatic nitrogens is 1. The fraction of sp³-hybridized carbons (Fsp3) is 0.200. The van der Waals surface area contributed by atoms with E-state index in [4.69, 9.17) is 32.5 Å². The lowest BCUT2D eigenvalue weighted by atomic mass is 9.96. The van der Waals surface area contributed by atoms with Gasteiger partial charge < -0.3 is 20.1 Å². The third kappa shape index (κ3) is 7.63. The summed E-state index contributed by atoms with van der Waals surface area (Å²) in [5, 5.41) is 28.1. The molecule has 0 aliphatic rings. The molecular weight excluding hydrogens is 402 g/mol. The van der Waals surface area contributed by atoms with Crippen molar-refractivity contribution in [3.8, 4) is 5.75 Å². The van der Waals surface area contributed by atoms with Crippen molar-refractivity contribution in [1.82, 2.24) is 4.98 Å². The molecule has 0 saturated heterocycles. The second-order valence-electron chi connectivity index (χ2n) is 5.34. The monoisotopic (exact) mass is 417 g/mol. The lowest BCUT2D eigenvalue weighted by Crippen LogP contribution is -2.43. The Morgan fingerprint density at radius 3 is 2.14 bits per heavy atom. The predicted molar refractivity (Wildman–Crippen MR) is 91.0 cm³/mol. The molecule has 1 atom stereocenters. The number of nitrogens with zero attached hydrogens (tertiary/aromatic N) is 1. The van der Waals surface area contributed by atoms with Crippen LogP contribution in [0.5, 0.6) is 5.75 Å². The first-order valence-electron chi connectivity index (χ1n) is 7.24. The molecule has 13 heteroatoms. The Kier molecular flexibility index (Phi) is 7.51. The molecule has 12 nitrogen and oxygen atoms in total. The smallest absolute Gasteiger partial charge is 0.394 e. The van der Waals surface area contributed by atoms with Crippen LogP contribution in [0.1, 0.15) is 12.8 Å². The van der Waals surface area contributed by atoms with Gasteiger partial charge in [0.05, 0.1) is 12.8 Å². The molecule has 1 aromatic carbocycles. The quantitative estimate of drug-likeness (QED) is 0.242. The maximum Gasteiger partial charge on any atom is 0.394 e. The van der Waals surface area contributed by atoms with Crippen molar-refractivity contribution < 1.29 is 52.0 Å². The molecule has 0 aliphatic heterocycles. The van der Waals surface area contributed by atoms with Gasteiger partial charge in [0.15, 0.2) is 11.4 Å². The lowest BCUT2D eigenvalue weighted by molar-refractivity contribution is -0.169. The third-order valence-corrected chi connectivity index (χ3v) is 3.10. The van der Waals surface area contributed by atoms with Crippen LogP contribution in [-0.2, 0) is 24.8 Å². The molecule has 0 aliphatic carbocycles.